The zero-order valence-electron chi connectivity index (χ0n) is 13.4. The molecule has 2 N–H and O–H groups in total. The number of nitrogens with zero attached hydrogens (tertiary/aromatic N) is 1. The predicted octanol–water partition coefficient (Wildman–Crippen LogP) is 4.63. The molecule has 21 heavy (non-hydrogen) atoms. The Kier molecular flexibility index (Phi) is 6.09. The van der Waals surface area contributed by atoms with Gasteiger partial charge in [-0.1, -0.05) is 49.4 Å². The van der Waals surface area contributed by atoms with Crippen LogP contribution < -0.4 is 5.73 Å². The van der Waals surface area contributed by atoms with Gasteiger partial charge in [-0.05, 0) is 56.5 Å². The molecule has 1 aliphatic carbocycles. The first-order valence-electron chi connectivity index (χ1n) is 8.22. The fourth-order valence-electron chi connectivity index (χ4n) is 3.59. The third kappa shape index (κ3) is 4.45. The summed E-state index contributed by atoms with van der Waals surface area (Å²) in [6, 6.07) is 8.58. The van der Waals surface area contributed by atoms with Gasteiger partial charge in [0.15, 0.2) is 0 Å². The van der Waals surface area contributed by atoms with Crippen LogP contribution in [0, 0.1) is 5.41 Å². The van der Waals surface area contributed by atoms with Crippen molar-refractivity contribution in [2.24, 2.45) is 11.1 Å². The van der Waals surface area contributed by atoms with Crippen LogP contribution in [0.4, 0.5) is 0 Å². The van der Waals surface area contributed by atoms with E-state index < -0.39 is 0 Å². The summed E-state index contributed by atoms with van der Waals surface area (Å²) in [5.74, 6) is 0. The lowest BCUT2D eigenvalue weighted by Crippen LogP contribution is -2.41. The molecule has 1 aliphatic rings. The van der Waals surface area contributed by atoms with Gasteiger partial charge < -0.3 is 5.73 Å². The van der Waals surface area contributed by atoms with Crippen LogP contribution in [-0.2, 0) is 0 Å². The number of hydrogen-bond donors (Lipinski definition) is 1. The van der Waals surface area contributed by atoms with Gasteiger partial charge in [0.05, 0.1) is 0 Å². The highest BCUT2D eigenvalue weighted by Crippen LogP contribution is 2.36. The van der Waals surface area contributed by atoms with Crippen molar-refractivity contribution in [3.05, 3.63) is 34.9 Å². The maximum Gasteiger partial charge on any atom is 0.0409 e. The first-order chi connectivity index (χ1) is 10.1. The van der Waals surface area contributed by atoms with E-state index in [-0.39, 0.29) is 0 Å². The average Bonchev–Trinajstić information content (AvgIpc) is 2.72. The minimum absolute atomic E-state index is 0.304. The summed E-state index contributed by atoms with van der Waals surface area (Å²) in [5.41, 5.74) is 7.76. The topological polar surface area (TPSA) is 29.3 Å². The molecule has 1 atom stereocenters. The van der Waals surface area contributed by atoms with Gasteiger partial charge in [-0.15, -0.1) is 0 Å². The van der Waals surface area contributed by atoms with Crippen LogP contribution >= 0.6 is 11.6 Å². The largest absolute Gasteiger partial charge is 0.330 e. The zero-order valence-corrected chi connectivity index (χ0v) is 14.2. The average molecular weight is 309 g/mol. The van der Waals surface area contributed by atoms with Gasteiger partial charge in [0.25, 0.3) is 0 Å². The molecule has 0 radical (unpaired) electrons. The van der Waals surface area contributed by atoms with Crippen LogP contribution in [-0.4, -0.2) is 25.0 Å². The maximum atomic E-state index is 6.17. The number of halogens is 1. The fourth-order valence-corrected chi connectivity index (χ4v) is 3.79. The summed E-state index contributed by atoms with van der Waals surface area (Å²) in [4.78, 5) is 2.45. The summed E-state index contributed by atoms with van der Waals surface area (Å²) < 4.78 is 0. The van der Waals surface area contributed by atoms with E-state index in [9.17, 15) is 0 Å². The molecule has 1 fully saturated rings. The molecule has 3 heteroatoms. The molecule has 0 saturated heterocycles. The Morgan fingerprint density at radius 1 is 1.24 bits per heavy atom. The van der Waals surface area contributed by atoms with Gasteiger partial charge in [-0.2, -0.15) is 0 Å². The van der Waals surface area contributed by atoms with E-state index in [4.69, 9.17) is 17.3 Å². The van der Waals surface area contributed by atoms with Crippen LogP contribution in [0.1, 0.15) is 57.1 Å². The highest BCUT2D eigenvalue weighted by molar-refractivity contribution is 6.30. The molecule has 118 valence electrons. The van der Waals surface area contributed by atoms with Gasteiger partial charge in [0.2, 0.25) is 0 Å². The smallest absolute Gasteiger partial charge is 0.0409 e. The molecule has 1 aromatic carbocycles. The molecule has 0 heterocycles. The van der Waals surface area contributed by atoms with Crippen molar-refractivity contribution >= 4 is 11.6 Å². The Balaban J connectivity index is 2.06. The molecule has 2 nitrogen and oxygen atoms in total. The van der Waals surface area contributed by atoms with Crippen molar-refractivity contribution in [1.29, 1.82) is 0 Å². The molecule has 2 rings (SSSR count). The van der Waals surface area contributed by atoms with Crippen LogP contribution in [0.2, 0.25) is 5.02 Å². The SMILES string of the molecule is CC(c1cccc(Cl)c1)N(C)CC1(CN)CCCCCC1. The van der Waals surface area contributed by atoms with E-state index in [1.807, 2.05) is 12.1 Å². The molecule has 0 amide bonds. The third-order valence-electron chi connectivity index (χ3n) is 5.17. The molecule has 1 saturated carbocycles. The third-order valence-corrected chi connectivity index (χ3v) is 5.41. The Morgan fingerprint density at radius 3 is 2.48 bits per heavy atom. The second-order valence-corrected chi connectivity index (χ2v) is 7.20. The predicted molar refractivity (Wildman–Crippen MR) is 91.7 cm³/mol. The Hall–Kier alpha value is -0.570. The van der Waals surface area contributed by atoms with E-state index in [2.05, 4.69) is 31.0 Å². The van der Waals surface area contributed by atoms with Crippen molar-refractivity contribution in [3.8, 4) is 0 Å². The van der Waals surface area contributed by atoms with Crippen LogP contribution in [0.25, 0.3) is 0 Å². The minimum atomic E-state index is 0.304. The van der Waals surface area contributed by atoms with Crippen LogP contribution in [0.5, 0.6) is 0 Å². The van der Waals surface area contributed by atoms with Gasteiger partial charge in [0, 0.05) is 17.6 Å². The lowest BCUT2D eigenvalue weighted by molar-refractivity contribution is 0.129. The van der Waals surface area contributed by atoms with Crippen LogP contribution in [0.3, 0.4) is 0 Å². The summed E-state index contributed by atoms with van der Waals surface area (Å²) in [7, 11) is 2.22. The second-order valence-electron chi connectivity index (χ2n) is 6.76. The summed E-state index contributed by atoms with van der Waals surface area (Å²) >= 11 is 6.12. The summed E-state index contributed by atoms with van der Waals surface area (Å²) in [5, 5.41) is 0.816. The van der Waals surface area contributed by atoms with E-state index in [1.165, 1.54) is 44.1 Å². The minimum Gasteiger partial charge on any atom is -0.330 e. The zero-order chi connectivity index (χ0) is 15.3. The number of hydrogen-bond acceptors (Lipinski definition) is 2. The van der Waals surface area contributed by atoms with E-state index >= 15 is 0 Å². The van der Waals surface area contributed by atoms with Crippen molar-refractivity contribution in [1.82, 2.24) is 4.90 Å². The van der Waals surface area contributed by atoms with Crippen molar-refractivity contribution in [2.45, 2.75) is 51.5 Å². The Labute approximate surface area is 134 Å². The van der Waals surface area contributed by atoms with Gasteiger partial charge in [-0.25, -0.2) is 0 Å². The van der Waals surface area contributed by atoms with Crippen LogP contribution in [0.15, 0.2) is 24.3 Å². The highest BCUT2D eigenvalue weighted by Gasteiger charge is 2.32. The number of rotatable bonds is 5. The standard InChI is InChI=1S/C18H29ClN2/c1-15(16-8-7-9-17(19)12-16)21(2)14-18(13-20)10-5-3-4-6-11-18/h7-9,12,15H,3-6,10-11,13-14,20H2,1-2H3. The highest BCUT2D eigenvalue weighted by atomic mass is 35.5. The van der Waals surface area contributed by atoms with Gasteiger partial charge >= 0.3 is 0 Å². The molecule has 1 unspecified atom stereocenters. The van der Waals surface area contributed by atoms with E-state index in [0.717, 1.165) is 18.1 Å². The van der Waals surface area contributed by atoms with Crippen molar-refractivity contribution in [2.75, 3.05) is 20.1 Å². The quantitative estimate of drug-likeness (QED) is 0.803. The number of benzene rings is 1. The monoisotopic (exact) mass is 308 g/mol. The Bertz CT molecular complexity index is 439. The molecule has 1 aromatic rings. The molecule has 0 aromatic heterocycles. The fraction of sp³-hybridized carbons (Fsp3) is 0.667. The lowest BCUT2D eigenvalue weighted by atomic mass is 9.79. The molecule has 0 bridgehead atoms. The first-order valence-corrected chi connectivity index (χ1v) is 8.60. The maximum absolute atomic E-state index is 6.17. The number of nitrogens with two attached hydrogens (primary N) is 1. The van der Waals surface area contributed by atoms with Gasteiger partial charge in [0.1, 0.15) is 0 Å². The molecular weight excluding hydrogens is 280 g/mol. The molecular formula is C18H29ClN2. The second kappa shape index (κ2) is 7.62. The Morgan fingerprint density at radius 2 is 1.90 bits per heavy atom. The van der Waals surface area contributed by atoms with E-state index in [1.54, 1.807) is 0 Å². The summed E-state index contributed by atoms with van der Waals surface area (Å²) in [6.45, 7) is 4.14. The first kappa shape index (κ1) is 16.8. The van der Waals surface area contributed by atoms with Crippen molar-refractivity contribution in [3.63, 3.8) is 0 Å². The van der Waals surface area contributed by atoms with E-state index in [0.29, 0.717) is 11.5 Å². The molecule has 0 aliphatic heterocycles. The normalized spacial score (nSPS) is 20.2. The van der Waals surface area contributed by atoms with Crippen molar-refractivity contribution < 1.29 is 0 Å². The molecule has 0 spiro atoms. The van der Waals surface area contributed by atoms with Gasteiger partial charge in [-0.3, -0.25) is 4.90 Å². The summed E-state index contributed by atoms with van der Waals surface area (Å²) in [6.07, 6.45) is 7.95. The lowest BCUT2D eigenvalue weighted by Gasteiger charge is -2.38.